The van der Waals surface area contributed by atoms with Gasteiger partial charge in [0.1, 0.15) is 0 Å². The molecule has 168 valence electrons. The van der Waals surface area contributed by atoms with Gasteiger partial charge in [-0.3, -0.25) is 9.59 Å². The number of fused-ring (bicyclic) bond motifs is 2. The second-order valence-corrected chi connectivity index (χ2v) is 11.0. The van der Waals surface area contributed by atoms with Gasteiger partial charge in [-0.25, -0.2) is 8.42 Å². The van der Waals surface area contributed by atoms with E-state index in [-0.39, 0.29) is 44.2 Å². The molecular weight excluding hydrogens is 434 g/mol. The molecule has 5 nitrogen and oxygen atoms in total. The zero-order chi connectivity index (χ0) is 23.3. The van der Waals surface area contributed by atoms with Crippen LogP contribution in [0.4, 0.5) is 0 Å². The highest BCUT2D eigenvalue weighted by Crippen LogP contribution is 2.36. The third-order valence-electron chi connectivity index (χ3n) is 6.43. The Kier molecular flexibility index (Phi) is 5.20. The Labute approximate surface area is 194 Å². The summed E-state index contributed by atoms with van der Waals surface area (Å²) in [5, 5.41) is 0. The van der Waals surface area contributed by atoms with Crippen LogP contribution in [0, 0.1) is 0 Å². The molecule has 1 fully saturated rings. The molecule has 0 bridgehead atoms. The van der Waals surface area contributed by atoms with Crippen molar-refractivity contribution in [2.75, 3.05) is 0 Å². The van der Waals surface area contributed by atoms with E-state index in [1.165, 1.54) is 29.8 Å². The van der Waals surface area contributed by atoms with E-state index >= 15 is 0 Å². The second-order valence-electron chi connectivity index (χ2n) is 9.10. The molecule has 0 spiro atoms. The molecule has 3 aromatic carbocycles. The maximum absolute atomic E-state index is 13.5. The lowest BCUT2D eigenvalue weighted by molar-refractivity contribution is 0.0729. The van der Waals surface area contributed by atoms with Gasteiger partial charge < -0.3 is 4.90 Å². The van der Waals surface area contributed by atoms with Crippen LogP contribution in [-0.4, -0.2) is 31.0 Å². The van der Waals surface area contributed by atoms with Gasteiger partial charge in [-0.05, 0) is 60.2 Å². The predicted molar refractivity (Wildman–Crippen MR) is 125 cm³/mol. The smallest absolute Gasteiger partial charge is 0.254 e. The summed E-state index contributed by atoms with van der Waals surface area (Å²) in [6, 6.07) is 19.0. The summed E-state index contributed by atoms with van der Waals surface area (Å²) in [6.45, 7) is 4.75. The molecule has 0 aromatic heterocycles. The first-order valence-electron chi connectivity index (χ1n) is 11.2. The highest BCUT2D eigenvalue weighted by Gasteiger charge is 2.37. The number of hydrogen-bond donors (Lipinski definition) is 0. The van der Waals surface area contributed by atoms with Gasteiger partial charge >= 0.3 is 0 Å². The molecule has 0 radical (unpaired) electrons. The fourth-order valence-electron chi connectivity index (χ4n) is 4.34. The molecule has 1 aliphatic heterocycles. The lowest BCUT2D eigenvalue weighted by Crippen LogP contribution is -2.33. The molecule has 0 N–H and O–H groups in total. The van der Waals surface area contributed by atoms with Gasteiger partial charge in [-0.15, -0.1) is 0 Å². The number of sulfone groups is 1. The molecule has 0 atom stereocenters. The summed E-state index contributed by atoms with van der Waals surface area (Å²) in [5.41, 5.74) is 2.86. The fourth-order valence-corrected chi connectivity index (χ4v) is 6.02. The average Bonchev–Trinajstić information content (AvgIpc) is 3.66. The summed E-state index contributed by atoms with van der Waals surface area (Å²) >= 11 is 0. The molecular formula is C27H25NO4S. The first kappa shape index (κ1) is 21.6. The van der Waals surface area contributed by atoms with Crippen molar-refractivity contribution < 1.29 is 18.0 Å². The largest absolute Gasteiger partial charge is 0.331 e. The number of benzene rings is 3. The SMILES string of the molecule is CC(C)c1ccc(CN(C(=O)c2ccc3c(c2)S(=O)(=O)c2ccccc2C3=O)C2CC2)cc1. The molecule has 1 heterocycles. The average molecular weight is 460 g/mol. The molecule has 2 aliphatic rings. The maximum atomic E-state index is 13.5. The Morgan fingerprint density at radius 3 is 2.27 bits per heavy atom. The summed E-state index contributed by atoms with van der Waals surface area (Å²) in [5.74, 6) is -0.112. The zero-order valence-electron chi connectivity index (χ0n) is 18.6. The summed E-state index contributed by atoms with van der Waals surface area (Å²) in [4.78, 5) is 28.1. The van der Waals surface area contributed by atoms with Crippen LogP contribution in [0.3, 0.4) is 0 Å². The molecule has 33 heavy (non-hydrogen) atoms. The highest BCUT2D eigenvalue weighted by atomic mass is 32.2. The summed E-state index contributed by atoms with van der Waals surface area (Å²) < 4.78 is 26.5. The van der Waals surface area contributed by atoms with E-state index in [9.17, 15) is 18.0 Å². The van der Waals surface area contributed by atoms with Crippen molar-refractivity contribution in [3.63, 3.8) is 0 Å². The topological polar surface area (TPSA) is 71.5 Å². The van der Waals surface area contributed by atoms with Gasteiger partial charge in [0.2, 0.25) is 9.84 Å². The van der Waals surface area contributed by atoms with Crippen LogP contribution in [-0.2, 0) is 16.4 Å². The Balaban J connectivity index is 1.48. The van der Waals surface area contributed by atoms with Crippen LogP contribution in [0.5, 0.6) is 0 Å². The number of carbonyl (C=O) groups is 2. The number of carbonyl (C=O) groups excluding carboxylic acids is 2. The van der Waals surface area contributed by atoms with Crippen molar-refractivity contribution in [3.8, 4) is 0 Å². The summed E-state index contributed by atoms with van der Waals surface area (Å²) in [6.07, 6.45) is 1.87. The van der Waals surface area contributed by atoms with Crippen molar-refractivity contribution in [1.82, 2.24) is 4.90 Å². The van der Waals surface area contributed by atoms with Gasteiger partial charge in [-0.2, -0.15) is 0 Å². The monoisotopic (exact) mass is 459 g/mol. The molecule has 0 saturated heterocycles. The standard InChI is InChI=1S/C27H25NO4S/c1-17(2)19-9-7-18(8-10-19)16-28(21-12-13-21)27(30)20-11-14-23-25(15-20)33(31,32)24-6-4-3-5-22(24)26(23)29/h3-11,14-15,17,21H,12-13,16H2,1-2H3. The third kappa shape index (κ3) is 3.78. The quantitative estimate of drug-likeness (QED) is 0.421. The van der Waals surface area contributed by atoms with Gasteiger partial charge in [0.15, 0.2) is 5.78 Å². The van der Waals surface area contributed by atoms with E-state index in [1.807, 2.05) is 17.0 Å². The minimum atomic E-state index is -3.88. The Morgan fingerprint density at radius 1 is 0.939 bits per heavy atom. The number of ketones is 1. The lowest BCUT2D eigenvalue weighted by atomic mass is 10.0. The fraction of sp³-hybridized carbons (Fsp3) is 0.259. The lowest BCUT2D eigenvalue weighted by Gasteiger charge is -2.24. The summed E-state index contributed by atoms with van der Waals surface area (Å²) in [7, 11) is -3.88. The molecule has 3 aromatic rings. The third-order valence-corrected chi connectivity index (χ3v) is 8.28. The second kappa shape index (κ2) is 7.96. The minimum Gasteiger partial charge on any atom is -0.331 e. The molecule has 1 amide bonds. The highest BCUT2D eigenvalue weighted by molar-refractivity contribution is 7.91. The van der Waals surface area contributed by atoms with Crippen molar-refractivity contribution in [2.24, 2.45) is 0 Å². The predicted octanol–water partition coefficient (Wildman–Crippen LogP) is 4.99. The van der Waals surface area contributed by atoms with E-state index in [2.05, 4.69) is 26.0 Å². The molecule has 1 aliphatic carbocycles. The number of amides is 1. The van der Waals surface area contributed by atoms with Gasteiger partial charge in [0.05, 0.1) is 9.79 Å². The van der Waals surface area contributed by atoms with Gasteiger partial charge in [0, 0.05) is 29.3 Å². The van der Waals surface area contributed by atoms with E-state index in [1.54, 1.807) is 18.2 Å². The number of rotatable bonds is 5. The van der Waals surface area contributed by atoms with E-state index in [4.69, 9.17) is 0 Å². The van der Waals surface area contributed by atoms with Crippen LogP contribution >= 0.6 is 0 Å². The Hall–Kier alpha value is -3.25. The Morgan fingerprint density at radius 2 is 1.61 bits per heavy atom. The minimum absolute atomic E-state index is 0.00334. The molecule has 5 rings (SSSR count). The molecule has 1 saturated carbocycles. The maximum Gasteiger partial charge on any atom is 0.254 e. The van der Waals surface area contributed by atoms with Crippen LogP contribution in [0.25, 0.3) is 0 Å². The normalized spacial score (nSPS) is 16.3. The zero-order valence-corrected chi connectivity index (χ0v) is 19.4. The van der Waals surface area contributed by atoms with E-state index in [0.29, 0.717) is 12.5 Å². The van der Waals surface area contributed by atoms with Crippen molar-refractivity contribution in [2.45, 2.75) is 55.0 Å². The first-order chi connectivity index (χ1) is 15.8. The van der Waals surface area contributed by atoms with Crippen molar-refractivity contribution in [1.29, 1.82) is 0 Å². The number of hydrogen-bond acceptors (Lipinski definition) is 4. The first-order valence-corrected chi connectivity index (χ1v) is 12.7. The van der Waals surface area contributed by atoms with E-state index < -0.39 is 9.84 Å². The van der Waals surface area contributed by atoms with E-state index in [0.717, 1.165) is 18.4 Å². The van der Waals surface area contributed by atoms with Gasteiger partial charge in [-0.1, -0.05) is 50.2 Å². The Bertz CT molecular complexity index is 1370. The number of nitrogens with zero attached hydrogens (tertiary/aromatic N) is 1. The van der Waals surface area contributed by atoms with Crippen LogP contribution in [0.2, 0.25) is 0 Å². The van der Waals surface area contributed by atoms with Crippen molar-refractivity contribution >= 4 is 21.5 Å². The molecule has 0 unspecified atom stereocenters. The van der Waals surface area contributed by atoms with Crippen LogP contribution in [0.15, 0.2) is 76.5 Å². The molecule has 6 heteroatoms. The van der Waals surface area contributed by atoms with Crippen LogP contribution in [0.1, 0.15) is 70.0 Å². The van der Waals surface area contributed by atoms with Crippen LogP contribution < -0.4 is 0 Å². The van der Waals surface area contributed by atoms with Crippen molar-refractivity contribution in [3.05, 3.63) is 94.5 Å². The van der Waals surface area contributed by atoms with Gasteiger partial charge in [0.25, 0.3) is 5.91 Å².